The van der Waals surface area contributed by atoms with Crippen molar-refractivity contribution >= 4 is 5.82 Å². The van der Waals surface area contributed by atoms with Gasteiger partial charge in [-0.05, 0) is 24.9 Å². The lowest BCUT2D eigenvalue weighted by Gasteiger charge is -2.15. The van der Waals surface area contributed by atoms with Crippen molar-refractivity contribution in [2.24, 2.45) is 0 Å². The summed E-state index contributed by atoms with van der Waals surface area (Å²) < 4.78 is 0. The average molecular weight is 324 g/mol. The molecule has 1 aromatic heterocycles. The first-order valence-electron chi connectivity index (χ1n) is 8.73. The number of anilines is 1. The number of rotatable bonds is 4. The molecule has 0 aliphatic carbocycles. The molecule has 2 aliphatic rings. The molecular weight excluding hydrogens is 300 g/mol. The van der Waals surface area contributed by atoms with Gasteiger partial charge in [-0.1, -0.05) is 30.3 Å². The Morgan fingerprint density at radius 1 is 1.04 bits per heavy atom. The van der Waals surface area contributed by atoms with Gasteiger partial charge >= 0.3 is 0 Å². The molecule has 2 atom stereocenters. The van der Waals surface area contributed by atoms with Crippen molar-refractivity contribution in [3.63, 3.8) is 0 Å². The molecular formula is C18H24N6. The molecule has 4 N–H and O–H groups in total. The molecule has 0 saturated carbocycles. The van der Waals surface area contributed by atoms with E-state index in [9.17, 15) is 0 Å². The Labute approximate surface area is 142 Å². The summed E-state index contributed by atoms with van der Waals surface area (Å²) in [5, 5.41) is 6.96. The second-order valence-electron chi connectivity index (χ2n) is 6.46. The summed E-state index contributed by atoms with van der Waals surface area (Å²) >= 11 is 0. The fourth-order valence-electron chi connectivity index (χ4n) is 3.50. The van der Waals surface area contributed by atoms with Gasteiger partial charge in [0.2, 0.25) is 0 Å². The fraction of sp³-hybridized carbons (Fsp3) is 0.444. The van der Waals surface area contributed by atoms with Gasteiger partial charge in [0.05, 0.1) is 5.69 Å². The molecule has 0 bridgehead atoms. The number of hydrogen-bond acceptors (Lipinski definition) is 6. The van der Waals surface area contributed by atoms with Crippen LogP contribution in [-0.2, 0) is 12.8 Å². The van der Waals surface area contributed by atoms with E-state index in [-0.39, 0.29) is 0 Å². The summed E-state index contributed by atoms with van der Waals surface area (Å²) in [5.74, 6) is 0.994. The molecule has 24 heavy (non-hydrogen) atoms. The van der Waals surface area contributed by atoms with Gasteiger partial charge in [-0.25, -0.2) is 15.4 Å². The highest BCUT2D eigenvalue weighted by Crippen LogP contribution is 2.23. The Morgan fingerprint density at radius 2 is 1.92 bits per heavy atom. The minimum atomic E-state index is 0.365. The third-order valence-corrected chi connectivity index (χ3v) is 4.82. The van der Waals surface area contributed by atoms with E-state index in [0.717, 1.165) is 44.7 Å². The maximum absolute atomic E-state index is 4.47. The first kappa shape index (κ1) is 15.5. The normalized spacial score (nSPS) is 23.5. The lowest BCUT2D eigenvalue weighted by molar-refractivity contribution is 0.552. The molecule has 126 valence electrons. The highest BCUT2D eigenvalue weighted by molar-refractivity contribution is 5.47. The van der Waals surface area contributed by atoms with Crippen molar-refractivity contribution < 1.29 is 0 Å². The average Bonchev–Trinajstić information content (AvgIpc) is 2.97. The predicted octanol–water partition coefficient (Wildman–Crippen LogP) is 1.18. The molecule has 2 aromatic rings. The van der Waals surface area contributed by atoms with Crippen molar-refractivity contribution in [3.05, 3.63) is 53.5 Å². The third kappa shape index (κ3) is 3.40. The van der Waals surface area contributed by atoms with Crippen LogP contribution in [0.5, 0.6) is 0 Å². The molecule has 6 heteroatoms. The number of hydrazine groups is 1. The van der Waals surface area contributed by atoms with E-state index < -0.39 is 0 Å². The highest BCUT2D eigenvalue weighted by Gasteiger charge is 2.25. The second-order valence-corrected chi connectivity index (χ2v) is 6.46. The first-order chi connectivity index (χ1) is 11.9. The Hall–Kier alpha value is -2.02. The molecule has 0 spiro atoms. The lowest BCUT2D eigenvalue weighted by Crippen LogP contribution is -2.35. The van der Waals surface area contributed by atoms with Crippen LogP contribution in [0, 0.1) is 0 Å². The van der Waals surface area contributed by atoms with Crippen molar-refractivity contribution in [1.29, 1.82) is 0 Å². The van der Waals surface area contributed by atoms with Gasteiger partial charge in [0.15, 0.2) is 0 Å². The van der Waals surface area contributed by atoms with E-state index in [4.69, 9.17) is 0 Å². The zero-order valence-electron chi connectivity index (χ0n) is 13.8. The predicted molar refractivity (Wildman–Crippen MR) is 94.7 cm³/mol. The van der Waals surface area contributed by atoms with E-state index in [2.05, 4.69) is 61.8 Å². The molecule has 3 heterocycles. The van der Waals surface area contributed by atoms with Crippen molar-refractivity contribution in [1.82, 2.24) is 26.1 Å². The van der Waals surface area contributed by atoms with Crippen LogP contribution in [0.3, 0.4) is 0 Å². The molecule has 4 rings (SSSR count). The van der Waals surface area contributed by atoms with E-state index in [1.54, 1.807) is 6.33 Å². The number of benzene rings is 1. The topological polar surface area (TPSA) is 73.9 Å². The van der Waals surface area contributed by atoms with Gasteiger partial charge in [0.1, 0.15) is 12.1 Å². The minimum Gasteiger partial charge on any atom is -0.368 e. The van der Waals surface area contributed by atoms with Crippen LogP contribution in [0.2, 0.25) is 0 Å². The molecule has 1 saturated heterocycles. The quantitative estimate of drug-likeness (QED) is 0.677. The zero-order chi connectivity index (χ0) is 16.2. The van der Waals surface area contributed by atoms with Crippen LogP contribution >= 0.6 is 0 Å². The number of nitrogens with one attached hydrogen (secondary N) is 4. The summed E-state index contributed by atoms with van der Waals surface area (Å²) in [6.45, 7) is 2.85. The summed E-state index contributed by atoms with van der Waals surface area (Å²) in [6, 6.07) is 11.3. The van der Waals surface area contributed by atoms with Gasteiger partial charge in [0.25, 0.3) is 0 Å². The van der Waals surface area contributed by atoms with Crippen molar-refractivity contribution in [2.45, 2.75) is 31.3 Å². The van der Waals surface area contributed by atoms with Gasteiger partial charge < -0.3 is 10.6 Å². The molecule has 1 aromatic carbocycles. The van der Waals surface area contributed by atoms with Crippen molar-refractivity contribution in [3.8, 4) is 0 Å². The maximum atomic E-state index is 4.47. The smallest absolute Gasteiger partial charge is 0.132 e. The minimum absolute atomic E-state index is 0.365. The monoisotopic (exact) mass is 324 g/mol. The van der Waals surface area contributed by atoms with E-state index >= 15 is 0 Å². The summed E-state index contributed by atoms with van der Waals surface area (Å²) in [6.07, 6.45) is 4.71. The van der Waals surface area contributed by atoms with Gasteiger partial charge in [-0.15, -0.1) is 0 Å². The maximum Gasteiger partial charge on any atom is 0.132 e. The highest BCUT2D eigenvalue weighted by atomic mass is 15.4. The Morgan fingerprint density at radius 3 is 2.83 bits per heavy atom. The largest absolute Gasteiger partial charge is 0.368 e. The molecule has 2 aliphatic heterocycles. The SMILES string of the molecule is c1ccc(C2CC(CNc3ncnc4c3CCNCC4)NN2)cc1. The molecule has 6 nitrogen and oxygen atoms in total. The number of nitrogens with zero attached hydrogens (tertiary/aromatic N) is 2. The van der Waals surface area contributed by atoms with Crippen LogP contribution in [0.25, 0.3) is 0 Å². The standard InChI is InChI=1S/C18H24N6/c1-2-4-13(5-3-1)17-10-14(23-24-17)11-20-18-15-6-8-19-9-7-16(15)21-12-22-18/h1-5,12,14,17,19,23-24H,6-11H2,(H,20,21,22). The summed E-state index contributed by atoms with van der Waals surface area (Å²) in [4.78, 5) is 8.93. The van der Waals surface area contributed by atoms with E-state index in [1.807, 2.05) is 0 Å². The molecule has 1 fully saturated rings. The molecule has 0 radical (unpaired) electrons. The van der Waals surface area contributed by atoms with E-state index in [0.29, 0.717) is 12.1 Å². The lowest BCUT2D eigenvalue weighted by atomic mass is 10.0. The van der Waals surface area contributed by atoms with Crippen LogP contribution in [-0.4, -0.2) is 35.6 Å². The van der Waals surface area contributed by atoms with Crippen LogP contribution in [0.4, 0.5) is 5.82 Å². The fourth-order valence-corrected chi connectivity index (χ4v) is 3.50. The summed E-state index contributed by atoms with van der Waals surface area (Å²) in [5.41, 5.74) is 10.6. The van der Waals surface area contributed by atoms with Gasteiger partial charge in [0, 0.05) is 37.2 Å². The van der Waals surface area contributed by atoms with E-state index in [1.165, 1.54) is 16.8 Å². The Bertz CT molecular complexity index is 674. The first-order valence-corrected chi connectivity index (χ1v) is 8.73. The van der Waals surface area contributed by atoms with Gasteiger partial charge in [-0.2, -0.15) is 0 Å². The third-order valence-electron chi connectivity index (χ3n) is 4.82. The van der Waals surface area contributed by atoms with Crippen LogP contribution in [0.1, 0.15) is 29.3 Å². The number of hydrogen-bond donors (Lipinski definition) is 4. The Balaban J connectivity index is 1.38. The second kappa shape index (κ2) is 7.25. The zero-order valence-corrected chi connectivity index (χ0v) is 13.8. The number of fused-ring (bicyclic) bond motifs is 1. The Kier molecular flexibility index (Phi) is 4.69. The van der Waals surface area contributed by atoms with Crippen LogP contribution in [0.15, 0.2) is 36.7 Å². The van der Waals surface area contributed by atoms with Gasteiger partial charge in [-0.3, -0.25) is 5.43 Å². The van der Waals surface area contributed by atoms with Crippen LogP contribution < -0.4 is 21.5 Å². The summed E-state index contributed by atoms with van der Waals surface area (Å²) in [7, 11) is 0. The molecule has 0 amide bonds. The number of aromatic nitrogens is 2. The molecule has 2 unspecified atom stereocenters. The van der Waals surface area contributed by atoms with Crippen molar-refractivity contribution in [2.75, 3.05) is 25.0 Å².